The van der Waals surface area contributed by atoms with Crippen LogP contribution in [-0.4, -0.2) is 21.2 Å². The fourth-order valence-corrected chi connectivity index (χ4v) is 4.64. The standard InChI is InChI=1S/C15H26ClNSi/c1-5-17-11-13(12-18(2,3)4)10-14-8-6-7-9-15(14)16/h6-9,13,17H,5,10-12H2,1-4H3. The summed E-state index contributed by atoms with van der Waals surface area (Å²) >= 11 is 6.26. The average Bonchev–Trinajstić information content (AvgIpc) is 2.27. The van der Waals surface area contributed by atoms with E-state index in [1.807, 2.05) is 12.1 Å². The number of rotatable bonds is 7. The maximum atomic E-state index is 6.26. The number of nitrogens with one attached hydrogen (secondary N) is 1. The van der Waals surface area contributed by atoms with Crippen LogP contribution in [0.15, 0.2) is 24.3 Å². The second kappa shape index (κ2) is 7.32. The average molecular weight is 284 g/mol. The molecule has 0 heterocycles. The van der Waals surface area contributed by atoms with Gasteiger partial charge in [0.1, 0.15) is 0 Å². The van der Waals surface area contributed by atoms with Crippen molar-refractivity contribution in [3.63, 3.8) is 0 Å². The lowest BCUT2D eigenvalue weighted by molar-refractivity contribution is 0.515. The molecule has 0 aliphatic heterocycles. The third-order valence-electron chi connectivity index (χ3n) is 3.05. The minimum absolute atomic E-state index is 0.705. The van der Waals surface area contributed by atoms with Crippen molar-refractivity contribution in [3.05, 3.63) is 34.9 Å². The minimum atomic E-state index is -1.02. The van der Waals surface area contributed by atoms with E-state index in [1.165, 1.54) is 11.6 Å². The van der Waals surface area contributed by atoms with Crippen molar-refractivity contribution in [1.29, 1.82) is 0 Å². The first-order valence-electron chi connectivity index (χ1n) is 6.86. The molecule has 0 aromatic heterocycles. The predicted molar refractivity (Wildman–Crippen MR) is 85.3 cm³/mol. The molecule has 0 saturated carbocycles. The summed E-state index contributed by atoms with van der Waals surface area (Å²) in [5.41, 5.74) is 1.29. The molecule has 1 nitrogen and oxygen atoms in total. The van der Waals surface area contributed by atoms with Crippen molar-refractivity contribution in [1.82, 2.24) is 5.32 Å². The van der Waals surface area contributed by atoms with Crippen molar-refractivity contribution in [3.8, 4) is 0 Å². The highest BCUT2D eigenvalue weighted by Gasteiger charge is 2.21. The molecule has 0 aliphatic carbocycles. The van der Waals surface area contributed by atoms with Gasteiger partial charge in [-0.05, 0) is 37.1 Å². The Labute approximate surface area is 118 Å². The maximum Gasteiger partial charge on any atom is 0.0446 e. The summed E-state index contributed by atoms with van der Waals surface area (Å²) in [6.45, 7) is 11.6. The summed E-state index contributed by atoms with van der Waals surface area (Å²) in [7, 11) is -1.02. The molecule has 0 aliphatic rings. The number of hydrogen-bond donors (Lipinski definition) is 1. The number of halogens is 1. The molecule has 1 unspecified atom stereocenters. The lowest BCUT2D eigenvalue weighted by Crippen LogP contribution is -2.31. The zero-order valence-electron chi connectivity index (χ0n) is 12.1. The lowest BCUT2D eigenvalue weighted by Gasteiger charge is -2.25. The molecule has 0 fully saturated rings. The topological polar surface area (TPSA) is 12.0 Å². The lowest BCUT2D eigenvalue weighted by atomic mass is 10.0. The van der Waals surface area contributed by atoms with Gasteiger partial charge in [-0.25, -0.2) is 0 Å². The molecule has 1 rings (SSSR count). The molecule has 1 atom stereocenters. The summed E-state index contributed by atoms with van der Waals surface area (Å²) in [5, 5.41) is 4.40. The molecule has 1 aromatic carbocycles. The molecule has 102 valence electrons. The Morgan fingerprint density at radius 3 is 2.44 bits per heavy atom. The summed E-state index contributed by atoms with van der Waals surface area (Å²) in [5.74, 6) is 0.705. The Hall–Kier alpha value is -0.313. The van der Waals surface area contributed by atoms with Gasteiger partial charge in [-0.2, -0.15) is 0 Å². The van der Waals surface area contributed by atoms with Crippen LogP contribution in [-0.2, 0) is 6.42 Å². The van der Waals surface area contributed by atoms with E-state index in [2.05, 4.69) is 44.0 Å². The largest absolute Gasteiger partial charge is 0.317 e. The Kier molecular flexibility index (Phi) is 6.40. The summed E-state index contributed by atoms with van der Waals surface area (Å²) in [4.78, 5) is 0. The second-order valence-corrected chi connectivity index (χ2v) is 12.2. The molecule has 18 heavy (non-hydrogen) atoms. The highest BCUT2D eigenvalue weighted by atomic mass is 35.5. The molecule has 1 N–H and O–H groups in total. The molecule has 0 bridgehead atoms. The quantitative estimate of drug-likeness (QED) is 0.729. The molecule has 0 amide bonds. The SMILES string of the molecule is CCNCC(Cc1ccccc1Cl)C[Si](C)(C)C. The van der Waals surface area contributed by atoms with E-state index in [1.54, 1.807) is 0 Å². The van der Waals surface area contributed by atoms with Gasteiger partial charge in [0, 0.05) is 13.1 Å². The molecule has 0 spiro atoms. The Morgan fingerprint density at radius 2 is 1.89 bits per heavy atom. The summed E-state index contributed by atoms with van der Waals surface area (Å²) in [6.07, 6.45) is 1.09. The van der Waals surface area contributed by atoms with Gasteiger partial charge in [-0.15, -0.1) is 0 Å². The van der Waals surface area contributed by atoms with E-state index in [0.717, 1.165) is 24.5 Å². The van der Waals surface area contributed by atoms with Crippen molar-refractivity contribution in [2.75, 3.05) is 13.1 Å². The normalized spacial score (nSPS) is 13.6. The van der Waals surface area contributed by atoms with Crippen molar-refractivity contribution in [2.24, 2.45) is 5.92 Å². The second-order valence-electron chi connectivity index (χ2n) is 6.23. The Bertz CT molecular complexity index is 360. The van der Waals surface area contributed by atoms with E-state index >= 15 is 0 Å². The highest BCUT2D eigenvalue weighted by Crippen LogP contribution is 2.24. The van der Waals surface area contributed by atoms with Crippen LogP contribution in [0.3, 0.4) is 0 Å². The predicted octanol–water partition coefficient (Wildman–Crippen LogP) is 4.45. The van der Waals surface area contributed by atoms with Gasteiger partial charge >= 0.3 is 0 Å². The molecular formula is C15H26ClNSi. The van der Waals surface area contributed by atoms with Gasteiger partial charge in [0.05, 0.1) is 0 Å². The first kappa shape index (κ1) is 15.7. The van der Waals surface area contributed by atoms with Crippen LogP contribution in [0.5, 0.6) is 0 Å². The molecule has 0 radical (unpaired) electrons. The van der Waals surface area contributed by atoms with Crippen LogP contribution in [0.25, 0.3) is 0 Å². The van der Waals surface area contributed by atoms with Crippen LogP contribution >= 0.6 is 11.6 Å². The smallest absolute Gasteiger partial charge is 0.0446 e. The Balaban J connectivity index is 2.69. The Morgan fingerprint density at radius 1 is 1.22 bits per heavy atom. The van der Waals surface area contributed by atoms with Gasteiger partial charge in [0.15, 0.2) is 0 Å². The molecule has 1 aromatic rings. The number of benzene rings is 1. The van der Waals surface area contributed by atoms with Gasteiger partial charge in [0.25, 0.3) is 0 Å². The van der Waals surface area contributed by atoms with Gasteiger partial charge in [-0.3, -0.25) is 0 Å². The van der Waals surface area contributed by atoms with Crippen LogP contribution in [0.4, 0.5) is 0 Å². The fourth-order valence-electron chi connectivity index (χ4n) is 2.41. The van der Waals surface area contributed by atoms with Gasteiger partial charge in [0.2, 0.25) is 0 Å². The molecule has 0 saturated heterocycles. The van der Waals surface area contributed by atoms with E-state index in [4.69, 9.17) is 11.6 Å². The van der Waals surface area contributed by atoms with E-state index in [-0.39, 0.29) is 0 Å². The minimum Gasteiger partial charge on any atom is -0.317 e. The zero-order valence-corrected chi connectivity index (χ0v) is 13.8. The van der Waals surface area contributed by atoms with E-state index in [0.29, 0.717) is 5.92 Å². The monoisotopic (exact) mass is 283 g/mol. The van der Waals surface area contributed by atoms with Gasteiger partial charge < -0.3 is 5.32 Å². The first-order valence-corrected chi connectivity index (χ1v) is 10.9. The fraction of sp³-hybridized carbons (Fsp3) is 0.600. The molecular weight excluding hydrogens is 258 g/mol. The third-order valence-corrected chi connectivity index (χ3v) is 5.22. The maximum absolute atomic E-state index is 6.26. The van der Waals surface area contributed by atoms with E-state index < -0.39 is 8.07 Å². The third kappa shape index (κ3) is 6.03. The molecule has 3 heteroatoms. The van der Waals surface area contributed by atoms with Crippen LogP contribution in [0.2, 0.25) is 30.7 Å². The van der Waals surface area contributed by atoms with Crippen LogP contribution in [0.1, 0.15) is 12.5 Å². The van der Waals surface area contributed by atoms with Crippen molar-refractivity contribution in [2.45, 2.75) is 39.0 Å². The van der Waals surface area contributed by atoms with Crippen LogP contribution in [0, 0.1) is 5.92 Å². The zero-order chi connectivity index (χ0) is 13.6. The van der Waals surface area contributed by atoms with Crippen LogP contribution < -0.4 is 5.32 Å². The number of hydrogen-bond acceptors (Lipinski definition) is 1. The van der Waals surface area contributed by atoms with Crippen molar-refractivity contribution >= 4 is 19.7 Å². The van der Waals surface area contributed by atoms with Gasteiger partial charge in [-0.1, -0.05) is 62.4 Å². The van der Waals surface area contributed by atoms with E-state index in [9.17, 15) is 0 Å². The summed E-state index contributed by atoms with van der Waals surface area (Å²) in [6, 6.07) is 9.59. The summed E-state index contributed by atoms with van der Waals surface area (Å²) < 4.78 is 0. The van der Waals surface area contributed by atoms with Crippen molar-refractivity contribution < 1.29 is 0 Å². The highest BCUT2D eigenvalue weighted by molar-refractivity contribution is 6.76. The first-order chi connectivity index (χ1) is 8.42.